The zero-order valence-electron chi connectivity index (χ0n) is 14.9. The van der Waals surface area contributed by atoms with E-state index in [1.807, 2.05) is 0 Å². The average Bonchev–Trinajstić information content (AvgIpc) is 2.62. The van der Waals surface area contributed by atoms with Crippen LogP contribution in [0.2, 0.25) is 0 Å². The molecule has 0 saturated carbocycles. The van der Waals surface area contributed by atoms with E-state index in [0.717, 1.165) is 0 Å². The summed E-state index contributed by atoms with van der Waals surface area (Å²) < 4.78 is 34.5. The van der Waals surface area contributed by atoms with Crippen molar-refractivity contribution >= 4 is 17.5 Å². The van der Waals surface area contributed by atoms with Gasteiger partial charge in [0.1, 0.15) is 11.5 Å². The predicted molar refractivity (Wildman–Crippen MR) is 95.9 cm³/mol. The van der Waals surface area contributed by atoms with Gasteiger partial charge in [0.15, 0.2) is 0 Å². The van der Waals surface area contributed by atoms with Crippen LogP contribution in [-0.2, 0) is 9.59 Å². The van der Waals surface area contributed by atoms with Crippen LogP contribution in [-0.4, -0.2) is 25.5 Å². The van der Waals surface area contributed by atoms with E-state index < -0.39 is 18.6 Å². The lowest BCUT2D eigenvalue weighted by Crippen LogP contribution is -2.29. The van der Waals surface area contributed by atoms with Crippen molar-refractivity contribution in [3.05, 3.63) is 54.1 Å². The normalized spacial score (nSPS) is 11.6. The SMILES string of the molecule is COc1ccc(C(CC(=O)Nc2ccccc2OC(F)F)NC(C)=O)cc1. The minimum absolute atomic E-state index is 0.0884. The van der Waals surface area contributed by atoms with Gasteiger partial charge >= 0.3 is 6.61 Å². The molecule has 0 fully saturated rings. The van der Waals surface area contributed by atoms with E-state index in [4.69, 9.17) is 4.74 Å². The van der Waals surface area contributed by atoms with Crippen molar-refractivity contribution in [1.82, 2.24) is 5.32 Å². The van der Waals surface area contributed by atoms with E-state index in [9.17, 15) is 18.4 Å². The Hall–Kier alpha value is -3.16. The lowest BCUT2D eigenvalue weighted by molar-refractivity contribution is -0.120. The van der Waals surface area contributed by atoms with Crippen LogP contribution in [0.5, 0.6) is 11.5 Å². The van der Waals surface area contributed by atoms with Crippen molar-refractivity contribution < 1.29 is 27.8 Å². The van der Waals surface area contributed by atoms with Crippen molar-refractivity contribution in [1.29, 1.82) is 0 Å². The third kappa shape index (κ3) is 6.25. The first-order valence-corrected chi connectivity index (χ1v) is 8.13. The maximum absolute atomic E-state index is 12.5. The smallest absolute Gasteiger partial charge is 0.387 e. The highest BCUT2D eigenvalue weighted by molar-refractivity contribution is 5.93. The standard InChI is InChI=1S/C19H20F2N2O4/c1-12(24)22-16(13-7-9-14(26-2)10-8-13)11-18(25)23-15-5-3-4-6-17(15)27-19(20)21/h3-10,16,19H,11H2,1-2H3,(H,22,24)(H,23,25). The van der Waals surface area contributed by atoms with Crippen molar-refractivity contribution in [2.24, 2.45) is 0 Å². The number of amides is 2. The number of rotatable bonds is 8. The molecule has 144 valence electrons. The highest BCUT2D eigenvalue weighted by atomic mass is 19.3. The number of methoxy groups -OCH3 is 1. The Morgan fingerprint density at radius 2 is 1.74 bits per heavy atom. The third-order valence-electron chi connectivity index (χ3n) is 3.66. The second-order valence-corrected chi connectivity index (χ2v) is 5.65. The fraction of sp³-hybridized carbons (Fsp3) is 0.263. The summed E-state index contributed by atoms with van der Waals surface area (Å²) in [6.45, 7) is -1.66. The number of carbonyl (C=O) groups excluding carboxylic acids is 2. The number of hydrogen-bond acceptors (Lipinski definition) is 4. The molecule has 0 spiro atoms. The zero-order chi connectivity index (χ0) is 19.8. The van der Waals surface area contributed by atoms with E-state index >= 15 is 0 Å². The Kier molecular flexibility index (Phi) is 7.10. The molecule has 2 N–H and O–H groups in total. The molecule has 0 aliphatic rings. The van der Waals surface area contributed by atoms with Gasteiger partial charge in [-0.3, -0.25) is 9.59 Å². The summed E-state index contributed by atoms with van der Waals surface area (Å²) in [7, 11) is 1.53. The first-order valence-electron chi connectivity index (χ1n) is 8.13. The molecule has 0 aliphatic carbocycles. The van der Waals surface area contributed by atoms with Gasteiger partial charge in [-0.15, -0.1) is 0 Å². The molecule has 0 aliphatic heterocycles. The predicted octanol–water partition coefficient (Wildman–Crippen LogP) is 3.50. The number of anilines is 1. The van der Waals surface area contributed by atoms with Crippen LogP contribution in [0.3, 0.4) is 0 Å². The summed E-state index contributed by atoms with van der Waals surface area (Å²) in [5.74, 6) is -0.260. The second-order valence-electron chi connectivity index (χ2n) is 5.65. The van der Waals surface area contributed by atoms with Gasteiger partial charge in [-0.25, -0.2) is 0 Å². The van der Waals surface area contributed by atoms with E-state index in [1.165, 1.54) is 32.2 Å². The van der Waals surface area contributed by atoms with E-state index in [2.05, 4.69) is 15.4 Å². The number of nitrogens with one attached hydrogen (secondary N) is 2. The van der Waals surface area contributed by atoms with Crippen LogP contribution in [0.25, 0.3) is 0 Å². The maximum Gasteiger partial charge on any atom is 0.387 e. The lowest BCUT2D eigenvalue weighted by Gasteiger charge is -2.19. The Morgan fingerprint density at radius 1 is 1.07 bits per heavy atom. The summed E-state index contributed by atoms with van der Waals surface area (Å²) >= 11 is 0. The van der Waals surface area contributed by atoms with Gasteiger partial charge in [0.05, 0.1) is 25.3 Å². The molecule has 1 unspecified atom stereocenters. The van der Waals surface area contributed by atoms with Crippen LogP contribution in [0.15, 0.2) is 48.5 Å². The molecule has 2 rings (SSSR count). The lowest BCUT2D eigenvalue weighted by atomic mass is 10.0. The Morgan fingerprint density at radius 3 is 2.33 bits per heavy atom. The summed E-state index contributed by atoms with van der Waals surface area (Å²) in [4.78, 5) is 23.9. The van der Waals surface area contributed by atoms with Gasteiger partial charge in [-0.05, 0) is 29.8 Å². The molecule has 0 heterocycles. The number of hydrogen-bond donors (Lipinski definition) is 2. The van der Waals surface area contributed by atoms with Crippen LogP contribution < -0.4 is 20.1 Å². The molecule has 0 aromatic heterocycles. The van der Waals surface area contributed by atoms with Gasteiger partial charge in [0.2, 0.25) is 11.8 Å². The highest BCUT2D eigenvalue weighted by Gasteiger charge is 2.19. The second kappa shape index (κ2) is 9.51. The Bertz CT molecular complexity index is 782. The topological polar surface area (TPSA) is 76.7 Å². The number of ether oxygens (including phenoxy) is 2. The van der Waals surface area contributed by atoms with Crippen molar-refractivity contribution in [2.45, 2.75) is 26.0 Å². The van der Waals surface area contributed by atoms with Crippen LogP contribution in [0.1, 0.15) is 24.9 Å². The number of carbonyl (C=O) groups is 2. The monoisotopic (exact) mass is 378 g/mol. The Balaban J connectivity index is 2.13. The molecule has 0 bridgehead atoms. The summed E-state index contributed by atoms with van der Waals surface area (Å²) in [6.07, 6.45) is -0.0884. The van der Waals surface area contributed by atoms with Gasteiger partial charge in [-0.2, -0.15) is 8.78 Å². The number of alkyl halides is 2. The number of halogens is 2. The molecule has 0 radical (unpaired) electrons. The molecule has 8 heteroatoms. The molecule has 2 amide bonds. The summed E-state index contributed by atoms with van der Waals surface area (Å²) in [5, 5.41) is 5.24. The molecule has 0 saturated heterocycles. The first kappa shape index (κ1) is 20.2. The van der Waals surface area contributed by atoms with E-state index in [0.29, 0.717) is 11.3 Å². The minimum atomic E-state index is -3.01. The van der Waals surface area contributed by atoms with Crippen molar-refractivity contribution in [2.75, 3.05) is 12.4 Å². The summed E-state index contributed by atoms with van der Waals surface area (Å²) in [6, 6.07) is 12.2. The third-order valence-corrected chi connectivity index (χ3v) is 3.66. The molecule has 27 heavy (non-hydrogen) atoms. The fourth-order valence-corrected chi connectivity index (χ4v) is 2.49. The molecule has 2 aromatic carbocycles. The van der Waals surface area contributed by atoms with Gasteiger partial charge in [0.25, 0.3) is 0 Å². The van der Waals surface area contributed by atoms with E-state index in [-0.39, 0.29) is 23.8 Å². The number of para-hydroxylation sites is 2. The quantitative estimate of drug-likeness (QED) is 0.737. The average molecular weight is 378 g/mol. The highest BCUT2D eigenvalue weighted by Crippen LogP contribution is 2.27. The molecule has 1 atom stereocenters. The molecule has 6 nitrogen and oxygen atoms in total. The fourth-order valence-electron chi connectivity index (χ4n) is 2.49. The number of benzene rings is 2. The molecular weight excluding hydrogens is 358 g/mol. The van der Waals surface area contributed by atoms with Crippen LogP contribution >= 0.6 is 0 Å². The van der Waals surface area contributed by atoms with Gasteiger partial charge in [0, 0.05) is 6.92 Å². The Labute approximate surface area is 155 Å². The molecular formula is C19H20F2N2O4. The largest absolute Gasteiger partial charge is 0.497 e. The van der Waals surface area contributed by atoms with Gasteiger partial charge in [-0.1, -0.05) is 24.3 Å². The zero-order valence-corrected chi connectivity index (χ0v) is 14.9. The summed E-state index contributed by atoms with van der Waals surface area (Å²) in [5.41, 5.74) is 0.831. The van der Waals surface area contributed by atoms with Crippen molar-refractivity contribution in [3.8, 4) is 11.5 Å². The van der Waals surface area contributed by atoms with E-state index in [1.54, 1.807) is 30.3 Å². The van der Waals surface area contributed by atoms with Crippen molar-refractivity contribution in [3.63, 3.8) is 0 Å². The van der Waals surface area contributed by atoms with Gasteiger partial charge < -0.3 is 20.1 Å². The first-order chi connectivity index (χ1) is 12.9. The minimum Gasteiger partial charge on any atom is -0.497 e. The van der Waals surface area contributed by atoms with Crippen LogP contribution in [0.4, 0.5) is 14.5 Å². The molecule has 2 aromatic rings. The maximum atomic E-state index is 12.5. The van der Waals surface area contributed by atoms with Crippen LogP contribution in [0, 0.1) is 0 Å².